The number of benzene rings is 1. The molecule has 2 aromatic rings. The molecule has 1 fully saturated rings. The number of halogens is 1. The average Bonchev–Trinajstić information content (AvgIpc) is 2.91. The minimum absolute atomic E-state index is 0.0107. The first-order valence-electron chi connectivity index (χ1n) is 10.6. The Kier molecular flexibility index (Phi) is 6.38. The Labute approximate surface area is 193 Å². The molecule has 2 N–H and O–H groups in total. The van der Waals surface area contributed by atoms with Crippen molar-refractivity contribution in [3.63, 3.8) is 0 Å². The van der Waals surface area contributed by atoms with E-state index in [9.17, 15) is 4.79 Å². The van der Waals surface area contributed by atoms with Gasteiger partial charge in [0.05, 0.1) is 18.6 Å². The quantitative estimate of drug-likeness (QED) is 0.708. The van der Waals surface area contributed by atoms with Crippen LogP contribution in [0, 0.1) is 0 Å². The van der Waals surface area contributed by atoms with Crippen molar-refractivity contribution in [2.24, 2.45) is 0 Å². The molecule has 2 aliphatic rings. The molecule has 1 saturated heterocycles. The van der Waals surface area contributed by atoms with Gasteiger partial charge in [-0.15, -0.1) is 0 Å². The number of rotatable bonds is 5. The monoisotopic (exact) mass is 456 g/mol. The molecule has 9 nitrogen and oxygen atoms in total. The zero-order valence-corrected chi connectivity index (χ0v) is 19.5. The van der Waals surface area contributed by atoms with Gasteiger partial charge in [0, 0.05) is 58.2 Å². The fourth-order valence-corrected chi connectivity index (χ4v) is 4.01. The van der Waals surface area contributed by atoms with E-state index in [1.165, 1.54) is 0 Å². The number of anilines is 4. The van der Waals surface area contributed by atoms with E-state index >= 15 is 0 Å². The number of carbonyl (C=O) groups excluding carboxylic acids is 1. The molecule has 0 saturated carbocycles. The number of nitrogens with zero attached hydrogens (tertiary/aromatic N) is 6. The van der Waals surface area contributed by atoms with Crippen LogP contribution in [0.5, 0.6) is 0 Å². The predicted octanol–water partition coefficient (Wildman–Crippen LogP) is 2.09. The summed E-state index contributed by atoms with van der Waals surface area (Å²) in [5.74, 6) is 1.94. The summed E-state index contributed by atoms with van der Waals surface area (Å²) >= 11 is 6.41. The van der Waals surface area contributed by atoms with Crippen LogP contribution in [0.25, 0.3) is 0 Å². The molecule has 0 spiro atoms. The number of fused-ring (bicyclic) bond motifs is 1. The largest absolute Gasteiger partial charge is 0.375 e. The summed E-state index contributed by atoms with van der Waals surface area (Å²) < 4.78 is 0. The molecule has 2 aliphatic heterocycles. The van der Waals surface area contributed by atoms with Gasteiger partial charge in [-0.1, -0.05) is 18.2 Å². The molecule has 1 aromatic heterocycles. The van der Waals surface area contributed by atoms with Gasteiger partial charge in [0.1, 0.15) is 5.02 Å². The number of amides is 1. The smallest absolute Gasteiger partial charge is 0.246 e. The molecule has 0 unspecified atom stereocenters. The Hall–Kier alpha value is -3.04. The molecule has 1 aromatic carbocycles. The van der Waals surface area contributed by atoms with Gasteiger partial charge in [-0.3, -0.25) is 4.79 Å². The lowest BCUT2D eigenvalue weighted by atomic mass is 10.1. The molecule has 0 bridgehead atoms. The third-order valence-electron chi connectivity index (χ3n) is 5.95. The highest BCUT2D eigenvalue weighted by atomic mass is 35.5. The molecule has 1 amide bonds. The number of likely N-dealkylation sites (N-methyl/N-ethyl adjacent to an activating group) is 2. The van der Waals surface area contributed by atoms with E-state index in [1.807, 2.05) is 23.1 Å². The maximum atomic E-state index is 12.6. The summed E-state index contributed by atoms with van der Waals surface area (Å²) in [6, 6.07) is 5.89. The van der Waals surface area contributed by atoms with Crippen molar-refractivity contribution in [3.05, 3.63) is 47.4 Å². The van der Waals surface area contributed by atoms with Gasteiger partial charge >= 0.3 is 0 Å². The second-order valence-corrected chi connectivity index (χ2v) is 8.54. The number of nitrogens with one attached hydrogen (secondary N) is 2. The topological polar surface area (TPSA) is 79.9 Å². The van der Waals surface area contributed by atoms with Crippen molar-refractivity contribution >= 4 is 40.6 Å². The van der Waals surface area contributed by atoms with E-state index < -0.39 is 0 Å². The van der Waals surface area contributed by atoms with Crippen molar-refractivity contribution < 1.29 is 4.79 Å². The second-order valence-electron chi connectivity index (χ2n) is 8.13. The maximum absolute atomic E-state index is 12.6. The summed E-state index contributed by atoms with van der Waals surface area (Å²) in [5.41, 5.74) is 2.72. The zero-order chi connectivity index (χ0) is 22.8. The van der Waals surface area contributed by atoms with Gasteiger partial charge in [0.2, 0.25) is 11.9 Å². The highest BCUT2D eigenvalue weighted by Gasteiger charge is 2.25. The predicted molar refractivity (Wildman–Crippen MR) is 128 cm³/mol. The van der Waals surface area contributed by atoms with Crippen LogP contribution < -0.4 is 20.4 Å². The normalized spacial score (nSPS) is 17.1. The summed E-state index contributed by atoms with van der Waals surface area (Å²) in [7, 11) is 5.71. The van der Waals surface area contributed by atoms with E-state index in [-0.39, 0.29) is 12.5 Å². The highest BCUT2D eigenvalue weighted by molar-refractivity contribution is 6.32. The van der Waals surface area contributed by atoms with E-state index in [4.69, 9.17) is 11.6 Å². The standard InChI is InChI=1S/C22H29ClN8O/c1-15(24-2)31-13-16-11-17(5-6-19(16)29(4)20(32)14-31)26-21-18(23)12-25-22(27-21)30-9-7-28(3)8-10-30/h5-6,11-12,24H,1,7-10,13-14H2,2-4H3,(H,25,26,27). The van der Waals surface area contributed by atoms with Crippen LogP contribution in [0.15, 0.2) is 36.8 Å². The first-order chi connectivity index (χ1) is 15.4. The number of hydrogen-bond acceptors (Lipinski definition) is 8. The maximum Gasteiger partial charge on any atom is 0.246 e. The molecule has 3 heterocycles. The van der Waals surface area contributed by atoms with Crippen LogP contribution >= 0.6 is 11.6 Å². The molecular formula is C22H29ClN8O. The summed E-state index contributed by atoms with van der Waals surface area (Å²) in [6.45, 7) is 8.54. The van der Waals surface area contributed by atoms with E-state index in [0.29, 0.717) is 29.2 Å². The molecular weight excluding hydrogens is 428 g/mol. The molecule has 10 heteroatoms. The van der Waals surface area contributed by atoms with Gasteiger partial charge < -0.3 is 30.2 Å². The Bertz CT molecular complexity index is 1020. The first kappa shape index (κ1) is 22.2. The van der Waals surface area contributed by atoms with Crippen LogP contribution in [0.4, 0.5) is 23.1 Å². The van der Waals surface area contributed by atoms with Crippen LogP contribution in [0.2, 0.25) is 5.02 Å². The van der Waals surface area contributed by atoms with E-state index in [2.05, 4.69) is 44.0 Å². The van der Waals surface area contributed by atoms with Crippen molar-refractivity contribution in [2.45, 2.75) is 6.54 Å². The molecule has 170 valence electrons. The van der Waals surface area contributed by atoms with Crippen LogP contribution in [0.1, 0.15) is 5.56 Å². The molecule has 0 aliphatic carbocycles. The average molecular weight is 457 g/mol. The van der Waals surface area contributed by atoms with Gasteiger partial charge in [0.25, 0.3) is 0 Å². The van der Waals surface area contributed by atoms with Crippen LogP contribution in [0.3, 0.4) is 0 Å². The highest BCUT2D eigenvalue weighted by Crippen LogP contribution is 2.31. The lowest BCUT2D eigenvalue weighted by Crippen LogP contribution is -2.45. The molecule has 0 radical (unpaired) electrons. The fraction of sp³-hybridized carbons (Fsp3) is 0.409. The van der Waals surface area contributed by atoms with Crippen molar-refractivity contribution in [1.82, 2.24) is 25.1 Å². The summed E-state index contributed by atoms with van der Waals surface area (Å²) in [5, 5.41) is 6.82. The van der Waals surface area contributed by atoms with Gasteiger partial charge in [-0.25, -0.2) is 4.98 Å². The minimum Gasteiger partial charge on any atom is -0.375 e. The SMILES string of the molecule is C=C(NC)N1CC(=O)N(C)c2ccc(Nc3nc(N4CCN(C)CC4)ncc3Cl)cc2C1. The number of carbonyl (C=O) groups is 1. The number of piperazine rings is 1. The second kappa shape index (κ2) is 9.22. The Balaban J connectivity index is 1.59. The van der Waals surface area contributed by atoms with E-state index in [1.54, 1.807) is 25.2 Å². The molecule has 0 atom stereocenters. The van der Waals surface area contributed by atoms with Crippen molar-refractivity contribution in [3.8, 4) is 0 Å². The van der Waals surface area contributed by atoms with Crippen molar-refractivity contribution in [2.75, 3.05) is 69.0 Å². The first-order valence-corrected chi connectivity index (χ1v) is 11.0. The summed E-state index contributed by atoms with van der Waals surface area (Å²) in [4.78, 5) is 29.8. The third-order valence-corrected chi connectivity index (χ3v) is 6.23. The fourth-order valence-electron chi connectivity index (χ4n) is 3.87. The lowest BCUT2D eigenvalue weighted by Gasteiger charge is -2.32. The zero-order valence-electron chi connectivity index (χ0n) is 18.7. The number of aromatic nitrogens is 2. The molecule has 4 rings (SSSR count). The van der Waals surface area contributed by atoms with Crippen LogP contribution in [-0.4, -0.2) is 79.5 Å². The minimum atomic E-state index is 0.0107. The molecule has 32 heavy (non-hydrogen) atoms. The van der Waals surface area contributed by atoms with Gasteiger partial charge in [0.15, 0.2) is 5.82 Å². The Morgan fingerprint density at radius 2 is 1.91 bits per heavy atom. The van der Waals surface area contributed by atoms with E-state index in [0.717, 1.165) is 43.1 Å². The number of hydrogen-bond donors (Lipinski definition) is 2. The van der Waals surface area contributed by atoms with Crippen molar-refractivity contribution in [1.29, 1.82) is 0 Å². The Morgan fingerprint density at radius 3 is 2.62 bits per heavy atom. The van der Waals surface area contributed by atoms with Crippen LogP contribution in [-0.2, 0) is 11.3 Å². The van der Waals surface area contributed by atoms with Gasteiger partial charge in [-0.05, 0) is 30.8 Å². The Morgan fingerprint density at radius 1 is 1.16 bits per heavy atom. The summed E-state index contributed by atoms with van der Waals surface area (Å²) in [6.07, 6.45) is 1.64. The lowest BCUT2D eigenvalue weighted by molar-refractivity contribution is -0.119. The van der Waals surface area contributed by atoms with Gasteiger partial charge in [-0.2, -0.15) is 4.98 Å². The third kappa shape index (κ3) is 4.58.